The molecule has 3 rings (SSSR count). The van der Waals surface area contributed by atoms with Crippen molar-refractivity contribution in [2.45, 2.75) is 0 Å². The number of nitrogens with zero attached hydrogens (tertiary/aromatic N) is 2. The first-order valence-electron chi connectivity index (χ1n) is 4.58. The zero-order valence-electron chi connectivity index (χ0n) is 8.01. The Balaban J connectivity index is 2.64. The molecule has 80 valence electrons. The molecular formula is C10H7N3O3. The minimum absolute atomic E-state index is 0.219. The molecule has 0 aliphatic carbocycles. The van der Waals surface area contributed by atoms with Crippen LogP contribution in [0.3, 0.4) is 0 Å². The van der Waals surface area contributed by atoms with Crippen LogP contribution in [0.4, 0.5) is 0 Å². The van der Waals surface area contributed by atoms with Crippen LogP contribution in [0.1, 0.15) is 0 Å². The summed E-state index contributed by atoms with van der Waals surface area (Å²) in [6.45, 7) is 0. The van der Waals surface area contributed by atoms with Crippen LogP contribution in [0.15, 0.2) is 29.1 Å². The SMILES string of the molecule is O=c1[nH]nc2ccc3cc(O)c(O)cc3n12. The van der Waals surface area contributed by atoms with Gasteiger partial charge in [-0.1, -0.05) is 0 Å². The fourth-order valence-electron chi connectivity index (χ4n) is 1.73. The molecule has 6 nitrogen and oxygen atoms in total. The largest absolute Gasteiger partial charge is 0.504 e. The van der Waals surface area contributed by atoms with Gasteiger partial charge in [-0.3, -0.25) is 0 Å². The summed E-state index contributed by atoms with van der Waals surface area (Å²) in [5, 5.41) is 25.5. The lowest BCUT2D eigenvalue weighted by Gasteiger charge is -2.03. The molecule has 0 saturated carbocycles. The van der Waals surface area contributed by atoms with E-state index in [2.05, 4.69) is 10.2 Å². The van der Waals surface area contributed by atoms with Crippen molar-refractivity contribution >= 4 is 16.6 Å². The number of phenolic OH excluding ortho intramolecular Hbond substituents is 2. The zero-order valence-corrected chi connectivity index (χ0v) is 8.01. The third-order valence-electron chi connectivity index (χ3n) is 2.48. The average Bonchev–Trinajstić information content (AvgIpc) is 2.63. The van der Waals surface area contributed by atoms with E-state index in [-0.39, 0.29) is 17.2 Å². The van der Waals surface area contributed by atoms with Crippen molar-refractivity contribution in [3.63, 3.8) is 0 Å². The number of fused-ring (bicyclic) bond motifs is 3. The van der Waals surface area contributed by atoms with E-state index in [0.29, 0.717) is 16.6 Å². The van der Waals surface area contributed by atoms with Crippen LogP contribution in [-0.4, -0.2) is 24.8 Å². The quantitative estimate of drug-likeness (QED) is 0.480. The van der Waals surface area contributed by atoms with Gasteiger partial charge in [0.05, 0.1) is 5.52 Å². The van der Waals surface area contributed by atoms with E-state index in [1.165, 1.54) is 16.5 Å². The van der Waals surface area contributed by atoms with Crippen molar-refractivity contribution in [2.24, 2.45) is 0 Å². The standard InChI is InChI=1S/C10H7N3O3/c14-7-3-5-1-2-9-11-12-10(16)13(9)6(5)4-8(7)15/h1-4,14-15H,(H,12,16). The molecule has 6 heteroatoms. The van der Waals surface area contributed by atoms with Crippen molar-refractivity contribution in [3.8, 4) is 11.5 Å². The highest BCUT2D eigenvalue weighted by Gasteiger charge is 2.08. The number of aromatic hydroxyl groups is 2. The number of H-pyrrole nitrogens is 1. The van der Waals surface area contributed by atoms with Crippen molar-refractivity contribution in [1.29, 1.82) is 0 Å². The molecule has 0 aliphatic heterocycles. The van der Waals surface area contributed by atoms with Gasteiger partial charge in [0.15, 0.2) is 17.1 Å². The summed E-state index contributed by atoms with van der Waals surface area (Å²) in [7, 11) is 0. The number of aromatic nitrogens is 3. The minimum atomic E-state index is -0.384. The number of pyridine rings is 1. The maximum atomic E-state index is 11.5. The van der Waals surface area contributed by atoms with Gasteiger partial charge in [0.2, 0.25) is 0 Å². The molecule has 0 bridgehead atoms. The molecule has 0 unspecified atom stereocenters. The highest BCUT2D eigenvalue weighted by molar-refractivity contribution is 5.85. The van der Waals surface area contributed by atoms with Crippen LogP contribution >= 0.6 is 0 Å². The monoisotopic (exact) mass is 217 g/mol. The van der Waals surface area contributed by atoms with Gasteiger partial charge in [-0.2, -0.15) is 5.10 Å². The van der Waals surface area contributed by atoms with Gasteiger partial charge in [-0.25, -0.2) is 14.3 Å². The Bertz CT molecular complexity index is 757. The average molecular weight is 217 g/mol. The molecule has 0 radical (unpaired) electrons. The number of nitrogens with one attached hydrogen (secondary N) is 1. The highest BCUT2D eigenvalue weighted by Crippen LogP contribution is 2.29. The summed E-state index contributed by atoms with van der Waals surface area (Å²) in [6.07, 6.45) is 0. The van der Waals surface area contributed by atoms with E-state index >= 15 is 0 Å². The van der Waals surface area contributed by atoms with E-state index in [0.717, 1.165) is 0 Å². The van der Waals surface area contributed by atoms with Gasteiger partial charge >= 0.3 is 5.69 Å². The minimum Gasteiger partial charge on any atom is -0.504 e. The van der Waals surface area contributed by atoms with Crippen molar-refractivity contribution in [1.82, 2.24) is 14.6 Å². The predicted octanol–water partition coefficient (Wildman–Crippen LogP) is 0.587. The lowest BCUT2D eigenvalue weighted by molar-refractivity contribution is 0.404. The summed E-state index contributed by atoms with van der Waals surface area (Å²) in [4.78, 5) is 11.5. The number of hydrogen-bond acceptors (Lipinski definition) is 4. The van der Waals surface area contributed by atoms with Gasteiger partial charge in [0, 0.05) is 11.5 Å². The Morgan fingerprint density at radius 2 is 1.94 bits per heavy atom. The lowest BCUT2D eigenvalue weighted by atomic mass is 10.2. The molecule has 0 spiro atoms. The summed E-state index contributed by atoms with van der Waals surface area (Å²) in [6, 6.07) is 6.08. The van der Waals surface area contributed by atoms with Crippen LogP contribution in [0.5, 0.6) is 11.5 Å². The van der Waals surface area contributed by atoms with Crippen molar-refractivity contribution in [2.75, 3.05) is 0 Å². The van der Waals surface area contributed by atoms with E-state index in [1.807, 2.05) is 0 Å². The third-order valence-corrected chi connectivity index (χ3v) is 2.48. The Kier molecular flexibility index (Phi) is 1.51. The summed E-state index contributed by atoms with van der Waals surface area (Å²) >= 11 is 0. The Morgan fingerprint density at radius 3 is 2.75 bits per heavy atom. The molecule has 0 aliphatic rings. The molecule has 16 heavy (non-hydrogen) atoms. The second-order valence-electron chi connectivity index (χ2n) is 3.46. The van der Waals surface area contributed by atoms with Gasteiger partial charge in [0.1, 0.15) is 0 Å². The van der Waals surface area contributed by atoms with Gasteiger partial charge in [-0.05, 0) is 18.2 Å². The van der Waals surface area contributed by atoms with Crippen LogP contribution < -0.4 is 5.69 Å². The number of aromatic amines is 1. The normalized spacial score (nSPS) is 11.2. The second kappa shape index (κ2) is 2.75. The summed E-state index contributed by atoms with van der Waals surface area (Å²) < 4.78 is 1.33. The van der Waals surface area contributed by atoms with Crippen LogP contribution in [0.25, 0.3) is 16.6 Å². The lowest BCUT2D eigenvalue weighted by Crippen LogP contribution is -2.09. The van der Waals surface area contributed by atoms with Gasteiger partial charge in [-0.15, -0.1) is 0 Å². The Labute approximate surface area is 88.4 Å². The number of rotatable bonds is 0. The number of phenols is 2. The molecule has 0 saturated heterocycles. The first-order valence-corrected chi connectivity index (χ1v) is 4.58. The Morgan fingerprint density at radius 1 is 1.19 bits per heavy atom. The first-order chi connectivity index (χ1) is 7.66. The first kappa shape index (κ1) is 8.78. The van der Waals surface area contributed by atoms with Crippen molar-refractivity contribution in [3.05, 3.63) is 34.7 Å². The molecule has 2 aromatic heterocycles. The van der Waals surface area contributed by atoms with E-state index in [4.69, 9.17) is 0 Å². The number of hydrogen-bond donors (Lipinski definition) is 3. The molecule has 3 N–H and O–H groups in total. The maximum Gasteiger partial charge on any atom is 0.348 e. The van der Waals surface area contributed by atoms with Crippen LogP contribution in [0.2, 0.25) is 0 Å². The molecule has 3 aromatic rings. The van der Waals surface area contributed by atoms with Crippen LogP contribution in [0, 0.1) is 0 Å². The molecular weight excluding hydrogens is 210 g/mol. The fourth-order valence-corrected chi connectivity index (χ4v) is 1.73. The van der Waals surface area contributed by atoms with E-state index < -0.39 is 0 Å². The molecule has 0 atom stereocenters. The van der Waals surface area contributed by atoms with Crippen LogP contribution in [-0.2, 0) is 0 Å². The fraction of sp³-hybridized carbons (Fsp3) is 0. The predicted molar refractivity (Wildman–Crippen MR) is 56.6 cm³/mol. The smallest absolute Gasteiger partial charge is 0.348 e. The Hall–Kier alpha value is -2.50. The van der Waals surface area contributed by atoms with Gasteiger partial charge in [0.25, 0.3) is 0 Å². The molecule has 1 aromatic carbocycles. The number of benzene rings is 1. The summed E-state index contributed by atoms with van der Waals surface area (Å²) in [5.74, 6) is -0.489. The van der Waals surface area contributed by atoms with Crippen molar-refractivity contribution < 1.29 is 10.2 Å². The van der Waals surface area contributed by atoms with Gasteiger partial charge < -0.3 is 10.2 Å². The maximum absolute atomic E-state index is 11.5. The third kappa shape index (κ3) is 1.01. The van der Waals surface area contributed by atoms with E-state index in [9.17, 15) is 15.0 Å². The molecule has 0 fully saturated rings. The molecule has 0 amide bonds. The van der Waals surface area contributed by atoms with E-state index in [1.54, 1.807) is 12.1 Å². The molecule has 2 heterocycles. The summed E-state index contributed by atoms with van der Waals surface area (Å²) in [5.41, 5.74) is 0.569. The zero-order chi connectivity index (χ0) is 11.3. The topological polar surface area (TPSA) is 90.6 Å². The highest BCUT2D eigenvalue weighted by atomic mass is 16.3. The second-order valence-corrected chi connectivity index (χ2v) is 3.46.